The lowest BCUT2D eigenvalue weighted by molar-refractivity contribution is 0.0961. The van der Waals surface area contributed by atoms with Gasteiger partial charge in [0.2, 0.25) is 0 Å². The van der Waals surface area contributed by atoms with Gasteiger partial charge in [0, 0.05) is 6.20 Å². The summed E-state index contributed by atoms with van der Waals surface area (Å²) in [7, 11) is 0. The Labute approximate surface area is 121 Å². The molecule has 0 aliphatic carbocycles. The van der Waals surface area contributed by atoms with E-state index in [0.29, 0.717) is 0 Å². The second kappa shape index (κ2) is 5.62. The Morgan fingerprint density at radius 2 is 1.95 bits per heavy atom. The van der Waals surface area contributed by atoms with E-state index in [1.165, 1.54) is 19.2 Å². The summed E-state index contributed by atoms with van der Waals surface area (Å²) in [5, 5.41) is 0. The maximum absolute atomic E-state index is 13.5. The van der Waals surface area contributed by atoms with Crippen LogP contribution in [0, 0.1) is 18.6 Å². The fraction of sp³-hybridized carbons (Fsp3) is 0.154. The van der Waals surface area contributed by atoms with E-state index >= 15 is 0 Å². The SMILES string of the molecule is Cc1ncc(Br)c(=O)n1CC(=O)c1c(F)cccc1F. The third-order valence-electron chi connectivity index (χ3n) is 2.75. The van der Waals surface area contributed by atoms with Gasteiger partial charge in [-0.05, 0) is 35.0 Å². The standard InChI is InChI=1S/C13H9BrF2N2O2/c1-7-17-5-8(14)13(20)18(7)6-11(19)12-9(15)3-2-4-10(12)16/h2-5H,6H2,1H3. The van der Waals surface area contributed by atoms with Gasteiger partial charge in [0.25, 0.3) is 5.56 Å². The molecule has 0 amide bonds. The lowest BCUT2D eigenvalue weighted by atomic mass is 10.1. The van der Waals surface area contributed by atoms with Crippen molar-refractivity contribution in [1.82, 2.24) is 9.55 Å². The predicted octanol–water partition coefficient (Wildman–Crippen LogP) is 2.48. The average Bonchev–Trinajstić information content (AvgIpc) is 2.39. The van der Waals surface area contributed by atoms with E-state index in [9.17, 15) is 18.4 Å². The number of hydrogen-bond donors (Lipinski definition) is 0. The molecule has 0 atom stereocenters. The molecule has 0 aliphatic rings. The Kier molecular flexibility index (Phi) is 4.08. The van der Waals surface area contributed by atoms with Crippen molar-refractivity contribution >= 4 is 21.7 Å². The molecule has 2 rings (SSSR count). The van der Waals surface area contributed by atoms with Gasteiger partial charge in [-0.2, -0.15) is 0 Å². The van der Waals surface area contributed by atoms with Crippen LogP contribution in [-0.2, 0) is 6.54 Å². The Morgan fingerprint density at radius 1 is 1.35 bits per heavy atom. The van der Waals surface area contributed by atoms with Crippen molar-refractivity contribution in [2.24, 2.45) is 0 Å². The van der Waals surface area contributed by atoms with Crippen molar-refractivity contribution in [2.75, 3.05) is 0 Å². The number of Topliss-reactive ketones (excluding diaryl/α,β-unsaturated/α-hetero) is 1. The molecule has 7 heteroatoms. The first-order valence-electron chi connectivity index (χ1n) is 5.61. The summed E-state index contributed by atoms with van der Waals surface area (Å²) in [6, 6.07) is 3.15. The summed E-state index contributed by atoms with van der Waals surface area (Å²) in [5.41, 5.74) is -1.14. The number of carbonyl (C=O) groups is 1. The van der Waals surface area contributed by atoms with E-state index in [0.717, 1.165) is 16.7 Å². The van der Waals surface area contributed by atoms with Crippen molar-refractivity contribution in [3.8, 4) is 0 Å². The zero-order valence-corrected chi connectivity index (χ0v) is 11.9. The molecule has 1 heterocycles. The maximum Gasteiger partial charge on any atom is 0.268 e. The molecular formula is C13H9BrF2N2O2. The number of ketones is 1. The van der Waals surface area contributed by atoms with Gasteiger partial charge in [-0.25, -0.2) is 13.8 Å². The van der Waals surface area contributed by atoms with E-state index in [1.807, 2.05) is 0 Å². The van der Waals surface area contributed by atoms with Crippen LogP contribution in [0.25, 0.3) is 0 Å². The number of hydrogen-bond acceptors (Lipinski definition) is 3. The van der Waals surface area contributed by atoms with Gasteiger partial charge in [0.05, 0.1) is 12.1 Å². The zero-order valence-electron chi connectivity index (χ0n) is 10.4. The number of nitrogens with zero attached hydrogens (tertiary/aromatic N) is 2. The molecular weight excluding hydrogens is 334 g/mol. The normalized spacial score (nSPS) is 10.6. The average molecular weight is 343 g/mol. The third kappa shape index (κ3) is 2.67. The maximum atomic E-state index is 13.5. The predicted molar refractivity (Wildman–Crippen MR) is 71.6 cm³/mol. The van der Waals surface area contributed by atoms with Gasteiger partial charge in [-0.1, -0.05) is 6.07 Å². The minimum Gasteiger partial charge on any atom is -0.292 e. The lowest BCUT2D eigenvalue weighted by Gasteiger charge is -2.09. The number of aromatic nitrogens is 2. The van der Waals surface area contributed by atoms with Gasteiger partial charge in [0.1, 0.15) is 21.9 Å². The molecule has 4 nitrogen and oxygen atoms in total. The van der Waals surface area contributed by atoms with Gasteiger partial charge in [0.15, 0.2) is 5.78 Å². The molecule has 2 aromatic rings. The Morgan fingerprint density at radius 3 is 2.55 bits per heavy atom. The summed E-state index contributed by atoms with van der Waals surface area (Å²) in [5.74, 6) is -2.46. The van der Waals surface area contributed by atoms with Crippen LogP contribution >= 0.6 is 15.9 Å². The molecule has 0 fully saturated rings. The number of aryl methyl sites for hydroxylation is 1. The van der Waals surface area contributed by atoms with E-state index in [2.05, 4.69) is 20.9 Å². The second-order valence-corrected chi connectivity index (χ2v) is 4.92. The van der Waals surface area contributed by atoms with Crippen LogP contribution < -0.4 is 5.56 Å². The Bertz CT molecular complexity index is 723. The number of carbonyl (C=O) groups excluding carboxylic acids is 1. The zero-order chi connectivity index (χ0) is 14.9. The first-order chi connectivity index (χ1) is 9.41. The Hall–Kier alpha value is -1.89. The molecule has 1 aromatic heterocycles. The molecule has 0 bridgehead atoms. The highest BCUT2D eigenvalue weighted by Crippen LogP contribution is 2.14. The minimum atomic E-state index is -0.955. The van der Waals surface area contributed by atoms with Gasteiger partial charge in [-0.3, -0.25) is 14.2 Å². The van der Waals surface area contributed by atoms with Crippen molar-refractivity contribution in [1.29, 1.82) is 0 Å². The molecule has 104 valence electrons. The van der Waals surface area contributed by atoms with Gasteiger partial charge < -0.3 is 0 Å². The van der Waals surface area contributed by atoms with Crippen LogP contribution in [0.2, 0.25) is 0 Å². The van der Waals surface area contributed by atoms with Crippen molar-refractivity contribution < 1.29 is 13.6 Å². The quantitative estimate of drug-likeness (QED) is 0.805. The molecule has 0 saturated carbocycles. The molecule has 0 saturated heterocycles. The van der Waals surface area contributed by atoms with Gasteiger partial charge >= 0.3 is 0 Å². The molecule has 0 radical (unpaired) electrons. The number of benzene rings is 1. The summed E-state index contributed by atoms with van der Waals surface area (Å²) in [6.45, 7) is 1.05. The summed E-state index contributed by atoms with van der Waals surface area (Å²) in [6.07, 6.45) is 1.31. The fourth-order valence-electron chi connectivity index (χ4n) is 1.72. The van der Waals surface area contributed by atoms with Gasteiger partial charge in [-0.15, -0.1) is 0 Å². The lowest BCUT2D eigenvalue weighted by Crippen LogP contribution is -2.28. The van der Waals surface area contributed by atoms with E-state index in [1.54, 1.807) is 0 Å². The molecule has 0 N–H and O–H groups in total. The molecule has 1 aromatic carbocycles. The highest BCUT2D eigenvalue weighted by Gasteiger charge is 2.19. The number of halogens is 3. The van der Waals surface area contributed by atoms with E-state index < -0.39 is 35.1 Å². The molecule has 0 aliphatic heterocycles. The first kappa shape index (κ1) is 14.5. The van der Waals surface area contributed by atoms with E-state index in [-0.39, 0.29) is 10.3 Å². The summed E-state index contributed by atoms with van der Waals surface area (Å²) >= 11 is 3.00. The van der Waals surface area contributed by atoms with Crippen molar-refractivity contribution in [2.45, 2.75) is 13.5 Å². The first-order valence-corrected chi connectivity index (χ1v) is 6.40. The summed E-state index contributed by atoms with van der Waals surface area (Å²) in [4.78, 5) is 27.8. The third-order valence-corrected chi connectivity index (χ3v) is 3.29. The second-order valence-electron chi connectivity index (χ2n) is 4.06. The van der Waals surface area contributed by atoms with Crippen LogP contribution in [0.4, 0.5) is 8.78 Å². The highest BCUT2D eigenvalue weighted by molar-refractivity contribution is 9.10. The van der Waals surface area contributed by atoms with Crippen molar-refractivity contribution in [3.63, 3.8) is 0 Å². The van der Waals surface area contributed by atoms with Crippen LogP contribution in [0.3, 0.4) is 0 Å². The Balaban J connectivity index is 2.44. The topological polar surface area (TPSA) is 52.0 Å². The number of rotatable bonds is 3. The minimum absolute atomic E-state index is 0.171. The monoisotopic (exact) mass is 342 g/mol. The van der Waals surface area contributed by atoms with Crippen LogP contribution in [0.15, 0.2) is 33.7 Å². The van der Waals surface area contributed by atoms with Crippen LogP contribution in [0.1, 0.15) is 16.2 Å². The van der Waals surface area contributed by atoms with Crippen LogP contribution in [-0.4, -0.2) is 15.3 Å². The smallest absolute Gasteiger partial charge is 0.268 e. The van der Waals surface area contributed by atoms with E-state index in [4.69, 9.17) is 0 Å². The fourth-order valence-corrected chi connectivity index (χ4v) is 2.04. The highest BCUT2D eigenvalue weighted by atomic mass is 79.9. The van der Waals surface area contributed by atoms with Crippen LogP contribution in [0.5, 0.6) is 0 Å². The molecule has 0 spiro atoms. The largest absolute Gasteiger partial charge is 0.292 e. The molecule has 0 unspecified atom stereocenters. The molecule has 20 heavy (non-hydrogen) atoms. The van der Waals surface area contributed by atoms with Crippen molar-refractivity contribution in [3.05, 3.63) is 62.2 Å². The summed E-state index contributed by atoms with van der Waals surface area (Å²) < 4.78 is 28.2.